The highest BCUT2D eigenvalue weighted by Gasteiger charge is 1.97. The van der Waals surface area contributed by atoms with Gasteiger partial charge in [-0.3, -0.25) is 0 Å². The molecule has 0 aromatic heterocycles. The van der Waals surface area contributed by atoms with Crippen LogP contribution in [0.25, 0.3) is 0 Å². The second kappa shape index (κ2) is 4.93. The molecule has 2 heteroatoms. The largest absolute Gasteiger partial charge is 0.389 e. The fourth-order valence-corrected chi connectivity index (χ4v) is 1.34. The predicted octanol–water partition coefficient (Wildman–Crippen LogP) is 3.01. The zero-order chi connectivity index (χ0) is 9.68. The zero-order valence-corrected chi connectivity index (χ0v) is 8.56. The first kappa shape index (κ1) is 10.1. The lowest BCUT2D eigenvalue weighted by Gasteiger charge is -2.06. The van der Waals surface area contributed by atoms with Gasteiger partial charge in [0.25, 0.3) is 0 Å². The van der Waals surface area contributed by atoms with E-state index in [1.165, 1.54) is 5.56 Å². The minimum Gasteiger partial charge on any atom is -0.389 e. The van der Waals surface area contributed by atoms with Gasteiger partial charge < -0.3 is 5.32 Å². The molecule has 0 amide bonds. The van der Waals surface area contributed by atoms with E-state index < -0.39 is 0 Å². The molecule has 0 heterocycles. The van der Waals surface area contributed by atoms with E-state index in [1.807, 2.05) is 31.2 Å². The van der Waals surface area contributed by atoms with E-state index in [0.29, 0.717) is 0 Å². The Kier molecular flexibility index (Phi) is 3.84. The second-order valence-electron chi connectivity index (χ2n) is 3.05. The zero-order valence-electron chi connectivity index (χ0n) is 7.81. The minimum atomic E-state index is 0.839. The number of hydrogen-bond donors (Lipinski definition) is 1. The number of allylic oxidation sites excluding steroid dienone is 1. The molecular weight excluding hydrogens is 182 g/mol. The van der Waals surface area contributed by atoms with Crippen molar-refractivity contribution in [1.29, 1.82) is 0 Å². The molecule has 0 unspecified atom stereocenters. The van der Waals surface area contributed by atoms with Crippen molar-refractivity contribution in [2.75, 3.05) is 6.54 Å². The van der Waals surface area contributed by atoms with Gasteiger partial charge in [0, 0.05) is 17.3 Å². The second-order valence-corrected chi connectivity index (χ2v) is 3.46. The molecule has 70 valence electrons. The number of halogens is 1. The predicted molar refractivity (Wildman–Crippen MR) is 58.0 cm³/mol. The Labute approximate surface area is 84.4 Å². The molecule has 0 saturated carbocycles. The van der Waals surface area contributed by atoms with Gasteiger partial charge in [-0.2, -0.15) is 0 Å². The summed E-state index contributed by atoms with van der Waals surface area (Å²) in [6, 6.07) is 7.90. The van der Waals surface area contributed by atoms with Gasteiger partial charge in [0.2, 0.25) is 0 Å². The molecule has 0 aliphatic rings. The third kappa shape index (κ3) is 3.51. The maximum atomic E-state index is 5.99. The van der Waals surface area contributed by atoms with Crippen molar-refractivity contribution in [2.24, 2.45) is 0 Å². The Hall–Kier alpha value is -0.950. The lowest BCUT2D eigenvalue weighted by molar-refractivity contribution is 0.791. The van der Waals surface area contributed by atoms with Gasteiger partial charge in [-0.15, -0.1) is 0 Å². The van der Waals surface area contributed by atoms with Crippen molar-refractivity contribution in [2.45, 2.75) is 13.3 Å². The number of benzene rings is 1. The molecule has 0 spiro atoms. The summed E-state index contributed by atoms with van der Waals surface area (Å²) in [5.74, 6) is 0. The van der Waals surface area contributed by atoms with Crippen LogP contribution in [-0.2, 0) is 6.42 Å². The minimum absolute atomic E-state index is 0.839. The first-order chi connectivity index (χ1) is 6.20. The summed E-state index contributed by atoms with van der Waals surface area (Å²) < 4.78 is 0. The molecule has 1 aromatic carbocycles. The van der Waals surface area contributed by atoms with Crippen LogP contribution >= 0.6 is 11.6 Å². The number of nitrogens with one attached hydrogen (secondary N) is 1. The molecule has 0 aliphatic heterocycles. The van der Waals surface area contributed by atoms with Crippen LogP contribution in [0.15, 0.2) is 36.5 Å². The van der Waals surface area contributed by atoms with E-state index >= 15 is 0 Å². The van der Waals surface area contributed by atoms with E-state index in [-0.39, 0.29) is 0 Å². The highest BCUT2D eigenvalue weighted by molar-refractivity contribution is 6.31. The van der Waals surface area contributed by atoms with Gasteiger partial charge in [-0.05, 0) is 25.0 Å². The first-order valence-corrected chi connectivity index (χ1v) is 4.70. The van der Waals surface area contributed by atoms with E-state index in [0.717, 1.165) is 23.7 Å². The van der Waals surface area contributed by atoms with Crippen LogP contribution < -0.4 is 5.32 Å². The van der Waals surface area contributed by atoms with Gasteiger partial charge in [0.05, 0.1) is 0 Å². The Balaban J connectivity index is 2.45. The van der Waals surface area contributed by atoms with Gasteiger partial charge in [-0.1, -0.05) is 36.4 Å². The summed E-state index contributed by atoms with van der Waals surface area (Å²) in [7, 11) is 0. The van der Waals surface area contributed by atoms with E-state index in [2.05, 4.69) is 11.9 Å². The molecule has 0 atom stereocenters. The lowest BCUT2D eigenvalue weighted by atomic mass is 10.1. The van der Waals surface area contributed by atoms with Gasteiger partial charge in [0.15, 0.2) is 0 Å². The molecule has 1 N–H and O–H groups in total. The molecule has 0 radical (unpaired) electrons. The fourth-order valence-electron chi connectivity index (χ4n) is 1.11. The standard InChI is InChI=1S/C11H14ClN/c1-9(2)13-8-7-10-5-3-4-6-11(10)12/h3-6,13H,1,7-8H2,2H3. The van der Waals surface area contributed by atoms with Crippen molar-refractivity contribution in [3.63, 3.8) is 0 Å². The van der Waals surface area contributed by atoms with Crippen LogP contribution in [-0.4, -0.2) is 6.54 Å². The van der Waals surface area contributed by atoms with E-state index in [4.69, 9.17) is 11.6 Å². The molecular formula is C11H14ClN. The van der Waals surface area contributed by atoms with Crippen molar-refractivity contribution < 1.29 is 0 Å². The molecule has 1 nitrogen and oxygen atoms in total. The van der Waals surface area contributed by atoms with Crippen LogP contribution in [0.3, 0.4) is 0 Å². The third-order valence-corrected chi connectivity index (χ3v) is 2.15. The molecule has 13 heavy (non-hydrogen) atoms. The van der Waals surface area contributed by atoms with E-state index in [9.17, 15) is 0 Å². The average Bonchev–Trinajstić information content (AvgIpc) is 2.08. The van der Waals surface area contributed by atoms with Crippen LogP contribution in [0, 0.1) is 0 Å². The molecule has 0 bridgehead atoms. The van der Waals surface area contributed by atoms with Crippen molar-refractivity contribution in [3.8, 4) is 0 Å². The maximum Gasteiger partial charge on any atom is 0.0438 e. The average molecular weight is 196 g/mol. The van der Waals surface area contributed by atoms with Crippen LogP contribution in [0.5, 0.6) is 0 Å². The smallest absolute Gasteiger partial charge is 0.0438 e. The molecule has 1 aromatic rings. The Morgan fingerprint density at radius 3 is 2.77 bits per heavy atom. The van der Waals surface area contributed by atoms with Crippen LogP contribution in [0.4, 0.5) is 0 Å². The lowest BCUT2D eigenvalue weighted by Crippen LogP contribution is -2.13. The summed E-state index contributed by atoms with van der Waals surface area (Å²) in [5, 5.41) is 4.01. The number of hydrogen-bond acceptors (Lipinski definition) is 1. The summed E-state index contributed by atoms with van der Waals surface area (Å²) in [5.41, 5.74) is 2.17. The summed E-state index contributed by atoms with van der Waals surface area (Å²) >= 11 is 5.99. The SMILES string of the molecule is C=C(C)NCCc1ccccc1Cl. The van der Waals surface area contributed by atoms with Crippen LogP contribution in [0.1, 0.15) is 12.5 Å². The summed E-state index contributed by atoms with van der Waals surface area (Å²) in [6.45, 7) is 6.60. The van der Waals surface area contributed by atoms with Gasteiger partial charge in [0.1, 0.15) is 0 Å². The highest BCUT2D eigenvalue weighted by atomic mass is 35.5. The fraction of sp³-hybridized carbons (Fsp3) is 0.273. The van der Waals surface area contributed by atoms with Crippen molar-refractivity contribution >= 4 is 11.6 Å². The molecule has 0 saturated heterocycles. The van der Waals surface area contributed by atoms with Gasteiger partial charge in [-0.25, -0.2) is 0 Å². The molecule has 0 aliphatic carbocycles. The summed E-state index contributed by atoms with van der Waals surface area (Å²) in [6.07, 6.45) is 0.937. The van der Waals surface area contributed by atoms with Crippen molar-refractivity contribution in [3.05, 3.63) is 47.1 Å². The summed E-state index contributed by atoms with van der Waals surface area (Å²) in [4.78, 5) is 0. The first-order valence-electron chi connectivity index (χ1n) is 4.33. The Morgan fingerprint density at radius 2 is 2.15 bits per heavy atom. The van der Waals surface area contributed by atoms with Crippen molar-refractivity contribution in [1.82, 2.24) is 5.32 Å². The number of rotatable bonds is 4. The van der Waals surface area contributed by atoms with Crippen LogP contribution in [0.2, 0.25) is 5.02 Å². The molecule has 1 rings (SSSR count). The monoisotopic (exact) mass is 195 g/mol. The van der Waals surface area contributed by atoms with E-state index in [1.54, 1.807) is 0 Å². The maximum absolute atomic E-state index is 5.99. The quantitative estimate of drug-likeness (QED) is 0.779. The third-order valence-electron chi connectivity index (χ3n) is 1.78. The highest BCUT2D eigenvalue weighted by Crippen LogP contribution is 2.14. The Morgan fingerprint density at radius 1 is 1.46 bits per heavy atom. The topological polar surface area (TPSA) is 12.0 Å². The normalized spacial score (nSPS) is 9.69. The van der Waals surface area contributed by atoms with Gasteiger partial charge >= 0.3 is 0 Å². The Bertz CT molecular complexity index is 294. The molecule has 0 fully saturated rings.